The molecule has 8 heteroatoms. The zero-order valence-corrected chi connectivity index (χ0v) is 16.2. The van der Waals surface area contributed by atoms with Crippen LogP contribution in [0.15, 0.2) is 47.1 Å². The summed E-state index contributed by atoms with van der Waals surface area (Å²) >= 11 is 0. The van der Waals surface area contributed by atoms with Crippen LogP contribution in [0, 0.1) is 5.82 Å². The first-order chi connectivity index (χ1) is 14.0. The molecule has 3 heterocycles. The molecule has 1 aliphatic heterocycles. The molecule has 0 bridgehead atoms. The van der Waals surface area contributed by atoms with Gasteiger partial charge in [0.15, 0.2) is 5.58 Å². The first-order valence-electron chi connectivity index (χ1n) is 9.57. The maximum atomic E-state index is 13.3. The smallest absolute Gasteiger partial charge is 0.268 e. The van der Waals surface area contributed by atoms with E-state index in [-0.39, 0.29) is 24.2 Å². The molecule has 1 aliphatic rings. The van der Waals surface area contributed by atoms with Gasteiger partial charge in [0.1, 0.15) is 11.5 Å². The van der Waals surface area contributed by atoms with Crippen LogP contribution in [-0.4, -0.2) is 58.9 Å². The van der Waals surface area contributed by atoms with Gasteiger partial charge in [-0.25, -0.2) is 4.39 Å². The highest BCUT2D eigenvalue weighted by Gasteiger charge is 2.22. The quantitative estimate of drug-likeness (QED) is 0.714. The van der Waals surface area contributed by atoms with Gasteiger partial charge in [0, 0.05) is 51.9 Å². The molecule has 0 radical (unpaired) electrons. The van der Waals surface area contributed by atoms with E-state index in [1.165, 1.54) is 12.1 Å². The molecule has 152 valence electrons. The summed E-state index contributed by atoms with van der Waals surface area (Å²) in [5.74, 6) is -0.656. The van der Waals surface area contributed by atoms with Crippen LogP contribution >= 0.6 is 0 Å². The van der Waals surface area contributed by atoms with E-state index in [2.05, 4.69) is 10.2 Å². The van der Waals surface area contributed by atoms with E-state index in [0.29, 0.717) is 44.0 Å². The van der Waals surface area contributed by atoms with Crippen LogP contribution in [0.4, 0.5) is 4.39 Å². The Hall–Kier alpha value is -3.13. The summed E-state index contributed by atoms with van der Waals surface area (Å²) in [5, 5.41) is 2.70. The Morgan fingerprint density at radius 2 is 1.93 bits per heavy atom. The Morgan fingerprint density at radius 3 is 2.66 bits per heavy atom. The SMILES string of the molecule is Cn1c(C(=O)NCC(=O)N2CCN(Cc3cccc(F)c3)CC2)cc2occc21. The van der Waals surface area contributed by atoms with Crippen LogP contribution in [-0.2, 0) is 18.4 Å². The molecule has 29 heavy (non-hydrogen) atoms. The highest BCUT2D eigenvalue weighted by Crippen LogP contribution is 2.19. The number of hydrogen-bond donors (Lipinski definition) is 1. The summed E-state index contributed by atoms with van der Waals surface area (Å²) in [6, 6.07) is 10.0. The highest BCUT2D eigenvalue weighted by molar-refractivity contribution is 5.99. The number of nitrogens with one attached hydrogen (secondary N) is 1. The normalized spacial score (nSPS) is 15.0. The van der Waals surface area contributed by atoms with Gasteiger partial charge in [-0.2, -0.15) is 0 Å². The van der Waals surface area contributed by atoms with Gasteiger partial charge in [-0.1, -0.05) is 12.1 Å². The number of carbonyl (C=O) groups excluding carboxylic acids is 2. The summed E-state index contributed by atoms with van der Waals surface area (Å²) in [5.41, 5.74) is 2.84. The number of fused-ring (bicyclic) bond motifs is 1. The fourth-order valence-corrected chi connectivity index (χ4v) is 3.68. The van der Waals surface area contributed by atoms with Crippen LogP contribution < -0.4 is 5.32 Å². The molecule has 4 rings (SSSR count). The Balaban J connectivity index is 1.26. The number of carbonyl (C=O) groups is 2. The molecule has 0 spiro atoms. The average molecular weight is 398 g/mol. The lowest BCUT2D eigenvalue weighted by atomic mass is 10.2. The largest absolute Gasteiger partial charge is 0.463 e. The van der Waals surface area contributed by atoms with Crippen LogP contribution in [0.2, 0.25) is 0 Å². The van der Waals surface area contributed by atoms with Gasteiger partial charge in [0.05, 0.1) is 18.3 Å². The lowest BCUT2D eigenvalue weighted by Crippen LogP contribution is -2.50. The monoisotopic (exact) mass is 398 g/mol. The van der Waals surface area contributed by atoms with Gasteiger partial charge in [0.25, 0.3) is 5.91 Å². The predicted molar refractivity (Wildman–Crippen MR) is 106 cm³/mol. The van der Waals surface area contributed by atoms with Gasteiger partial charge < -0.3 is 19.2 Å². The first-order valence-corrected chi connectivity index (χ1v) is 9.57. The summed E-state index contributed by atoms with van der Waals surface area (Å²) in [7, 11) is 1.78. The minimum Gasteiger partial charge on any atom is -0.463 e. The van der Waals surface area contributed by atoms with Crippen molar-refractivity contribution in [1.82, 2.24) is 19.7 Å². The van der Waals surface area contributed by atoms with E-state index >= 15 is 0 Å². The number of benzene rings is 1. The molecule has 1 N–H and O–H groups in total. The van der Waals surface area contributed by atoms with Crippen molar-refractivity contribution in [1.29, 1.82) is 0 Å². The van der Waals surface area contributed by atoms with E-state index in [0.717, 1.165) is 11.1 Å². The lowest BCUT2D eigenvalue weighted by Gasteiger charge is -2.34. The molecule has 2 aromatic heterocycles. The minimum absolute atomic E-state index is 0.0464. The fraction of sp³-hybridized carbons (Fsp3) is 0.333. The number of halogens is 1. The van der Waals surface area contributed by atoms with Crippen molar-refractivity contribution in [2.45, 2.75) is 6.54 Å². The second-order valence-corrected chi connectivity index (χ2v) is 7.23. The third-order valence-electron chi connectivity index (χ3n) is 5.32. The maximum absolute atomic E-state index is 13.3. The second kappa shape index (κ2) is 8.08. The number of aryl methyl sites for hydroxylation is 1. The van der Waals surface area contributed by atoms with Crippen molar-refractivity contribution >= 4 is 22.9 Å². The number of rotatable bonds is 5. The Labute approximate surface area is 167 Å². The van der Waals surface area contributed by atoms with E-state index in [9.17, 15) is 14.0 Å². The van der Waals surface area contributed by atoms with E-state index < -0.39 is 0 Å². The molecular weight excluding hydrogens is 375 g/mol. The molecule has 1 aromatic carbocycles. The lowest BCUT2D eigenvalue weighted by molar-refractivity contribution is -0.131. The number of piperazine rings is 1. The van der Waals surface area contributed by atoms with Gasteiger partial charge in [-0.15, -0.1) is 0 Å². The first kappa shape index (κ1) is 19.2. The van der Waals surface area contributed by atoms with Crippen molar-refractivity contribution in [2.75, 3.05) is 32.7 Å². The summed E-state index contributed by atoms with van der Waals surface area (Å²) in [6.45, 7) is 3.21. The molecule has 0 unspecified atom stereocenters. The molecular formula is C21H23FN4O3. The van der Waals surface area contributed by atoms with E-state index in [1.807, 2.05) is 6.07 Å². The van der Waals surface area contributed by atoms with Gasteiger partial charge in [-0.05, 0) is 17.7 Å². The van der Waals surface area contributed by atoms with Crippen LogP contribution in [0.3, 0.4) is 0 Å². The van der Waals surface area contributed by atoms with Crippen molar-refractivity contribution < 1.29 is 18.4 Å². The Kier molecular flexibility index (Phi) is 5.35. The Morgan fingerprint density at radius 1 is 1.14 bits per heavy atom. The average Bonchev–Trinajstić information content (AvgIpc) is 3.29. The molecule has 0 saturated carbocycles. The van der Waals surface area contributed by atoms with Crippen LogP contribution in [0.5, 0.6) is 0 Å². The summed E-state index contributed by atoms with van der Waals surface area (Å²) in [4.78, 5) is 28.8. The van der Waals surface area contributed by atoms with Crippen LogP contribution in [0.25, 0.3) is 11.1 Å². The fourth-order valence-electron chi connectivity index (χ4n) is 3.68. The van der Waals surface area contributed by atoms with E-state index in [1.54, 1.807) is 41.0 Å². The summed E-state index contributed by atoms with van der Waals surface area (Å²) < 4.78 is 20.4. The van der Waals surface area contributed by atoms with Crippen molar-refractivity contribution in [2.24, 2.45) is 7.05 Å². The molecule has 0 aliphatic carbocycles. The maximum Gasteiger partial charge on any atom is 0.268 e. The molecule has 2 amide bonds. The third-order valence-corrected chi connectivity index (χ3v) is 5.32. The number of hydrogen-bond acceptors (Lipinski definition) is 4. The molecule has 1 saturated heterocycles. The number of furan rings is 1. The molecule has 1 fully saturated rings. The highest BCUT2D eigenvalue weighted by atomic mass is 19.1. The number of amides is 2. The molecule has 7 nitrogen and oxygen atoms in total. The van der Waals surface area contributed by atoms with Gasteiger partial charge >= 0.3 is 0 Å². The molecule has 3 aromatic rings. The van der Waals surface area contributed by atoms with E-state index in [4.69, 9.17) is 4.42 Å². The second-order valence-electron chi connectivity index (χ2n) is 7.23. The minimum atomic E-state index is -0.308. The van der Waals surface area contributed by atoms with Gasteiger partial charge in [-0.3, -0.25) is 14.5 Å². The predicted octanol–water partition coefficient (Wildman–Crippen LogP) is 1.98. The van der Waals surface area contributed by atoms with Crippen LogP contribution in [0.1, 0.15) is 16.1 Å². The summed E-state index contributed by atoms with van der Waals surface area (Å²) in [6.07, 6.45) is 1.57. The molecule has 0 atom stereocenters. The standard InChI is InChI=1S/C21H23FN4O3/c1-24-17-5-10-29-19(17)12-18(24)21(28)23-13-20(27)26-8-6-25(7-9-26)14-15-3-2-4-16(22)11-15/h2-5,10-12H,6-9,13-14H2,1H3,(H,23,28). The third kappa shape index (κ3) is 4.17. The Bertz CT molecular complexity index is 1030. The van der Waals surface area contributed by atoms with Crippen molar-refractivity contribution in [3.63, 3.8) is 0 Å². The van der Waals surface area contributed by atoms with Crippen molar-refractivity contribution in [3.05, 3.63) is 59.7 Å². The zero-order chi connectivity index (χ0) is 20.4. The van der Waals surface area contributed by atoms with Gasteiger partial charge in [0.2, 0.25) is 5.91 Å². The topological polar surface area (TPSA) is 70.7 Å². The number of nitrogens with zero attached hydrogens (tertiary/aromatic N) is 3. The number of aromatic nitrogens is 1. The van der Waals surface area contributed by atoms with Crippen molar-refractivity contribution in [3.8, 4) is 0 Å². The zero-order valence-electron chi connectivity index (χ0n) is 16.2.